The number of hydrogen-bond donors (Lipinski definition) is 2. The second-order valence-electron chi connectivity index (χ2n) is 7.53. The number of thiazole rings is 1. The van der Waals surface area contributed by atoms with Gasteiger partial charge >= 0.3 is 12.3 Å². The third kappa shape index (κ3) is 6.03. The number of rotatable bonds is 6. The number of alkyl halides is 3. The van der Waals surface area contributed by atoms with Crippen LogP contribution in [0.5, 0.6) is 0 Å². The van der Waals surface area contributed by atoms with Gasteiger partial charge in [-0.2, -0.15) is 13.2 Å². The van der Waals surface area contributed by atoms with Crippen LogP contribution in [0.2, 0.25) is 5.15 Å². The summed E-state index contributed by atoms with van der Waals surface area (Å²) in [4.78, 5) is 35.3. The fraction of sp³-hybridized carbons (Fsp3) is 0.190. The van der Waals surface area contributed by atoms with Gasteiger partial charge in [-0.1, -0.05) is 28.2 Å². The maximum atomic E-state index is 13.5. The topological polar surface area (TPSA) is 137 Å². The number of amides is 2. The van der Waals surface area contributed by atoms with E-state index in [4.69, 9.17) is 16.3 Å². The van der Waals surface area contributed by atoms with Gasteiger partial charge in [-0.25, -0.2) is 23.8 Å². The van der Waals surface area contributed by atoms with Crippen molar-refractivity contribution in [2.24, 2.45) is 7.05 Å². The molecule has 0 aliphatic rings. The highest BCUT2D eigenvalue weighted by molar-refractivity contribution is 7.15. The van der Waals surface area contributed by atoms with Gasteiger partial charge in [0, 0.05) is 18.8 Å². The summed E-state index contributed by atoms with van der Waals surface area (Å²) in [5.74, 6) is -1.29. The molecule has 4 aromatic rings. The first-order valence-electron chi connectivity index (χ1n) is 10.4. The first-order valence-corrected chi connectivity index (χ1v) is 11.6. The molecule has 0 saturated carbocycles. The van der Waals surface area contributed by atoms with E-state index < -0.39 is 35.0 Å². The van der Waals surface area contributed by atoms with E-state index in [-0.39, 0.29) is 50.0 Å². The Labute approximate surface area is 219 Å². The molecular formula is C21H15ClF4N8O3S. The van der Waals surface area contributed by atoms with Crippen LogP contribution in [0.25, 0.3) is 11.4 Å². The molecule has 4 aromatic heterocycles. The van der Waals surface area contributed by atoms with Gasteiger partial charge in [0.25, 0.3) is 5.91 Å². The normalized spacial score (nSPS) is 12.2. The smallest absolute Gasteiger partial charge is 0.427 e. The maximum Gasteiger partial charge on any atom is 0.427 e. The molecule has 0 spiro atoms. The summed E-state index contributed by atoms with van der Waals surface area (Å²) < 4.78 is 58.2. The van der Waals surface area contributed by atoms with Crippen molar-refractivity contribution in [1.82, 2.24) is 29.9 Å². The van der Waals surface area contributed by atoms with Gasteiger partial charge in [-0.3, -0.25) is 20.4 Å². The fourth-order valence-corrected chi connectivity index (χ4v) is 3.98. The standard InChI is InChI=1S/C21H15ClF4N8O3S/c1-9(12-5-11(23)7-28-16(12)22)37-20(36)30-17-15(32-33-34(17)2)13-4-3-10(6-27-13)18(35)31-19-29-8-14(38-19)21(24,25)26/h3-9H,1-2H3,(H,30,36)(H,29,31,35)/t9-/m1/s1. The zero-order chi connectivity index (χ0) is 27.6. The third-order valence-corrected chi connectivity index (χ3v) is 6.15. The van der Waals surface area contributed by atoms with Crippen molar-refractivity contribution in [2.75, 3.05) is 10.6 Å². The molecule has 2 N–H and O–H groups in total. The van der Waals surface area contributed by atoms with Crippen molar-refractivity contribution in [2.45, 2.75) is 19.2 Å². The molecule has 2 amide bonds. The lowest BCUT2D eigenvalue weighted by Crippen LogP contribution is -2.19. The quantitative estimate of drug-likeness (QED) is 0.241. The Morgan fingerprint density at radius 2 is 1.89 bits per heavy atom. The first kappa shape index (κ1) is 26.9. The number of nitrogens with zero attached hydrogens (tertiary/aromatic N) is 6. The second kappa shape index (κ2) is 10.7. The first-order chi connectivity index (χ1) is 17.9. The van der Waals surface area contributed by atoms with E-state index in [0.717, 1.165) is 12.3 Å². The lowest BCUT2D eigenvalue weighted by atomic mass is 10.2. The molecule has 17 heteroatoms. The van der Waals surface area contributed by atoms with E-state index in [1.54, 1.807) is 0 Å². The molecule has 0 saturated heterocycles. The average Bonchev–Trinajstić information content (AvgIpc) is 3.47. The molecule has 0 fully saturated rings. The summed E-state index contributed by atoms with van der Waals surface area (Å²) in [5.41, 5.74) is 0.533. The fourth-order valence-electron chi connectivity index (χ4n) is 3.04. The summed E-state index contributed by atoms with van der Waals surface area (Å²) in [6.07, 6.45) is -3.73. The van der Waals surface area contributed by atoms with Crippen LogP contribution in [0, 0.1) is 5.82 Å². The molecular weight excluding hydrogens is 556 g/mol. The minimum Gasteiger partial charge on any atom is -0.441 e. The molecule has 0 unspecified atom stereocenters. The van der Waals surface area contributed by atoms with Crippen LogP contribution < -0.4 is 10.6 Å². The second-order valence-corrected chi connectivity index (χ2v) is 8.92. The van der Waals surface area contributed by atoms with Crippen molar-refractivity contribution in [3.05, 3.63) is 63.8 Å². The van der Waals surface area contributed by atoms with E-state index in [2.05, 4.69) is 35.9 Å². The van der Waals surface area contributed by atoms with E-state index in [1.165, 1.54) is 37.0 Å². The molecule has 0 radical (unpaired) electrons. The number of pyridine rings is 2. The summed E-state index contributed by atoms with van der Waals surface area (Å²) in [7, 11) is 1.49. The highest BCUT2D eigenvalue weighted by atomic mass is 35.5. The van der Waals surface area contributed by atoms with E-state index >= 15 is 0 Å². The Bertz CT molecular complexity index is 1490. The number of aromatic nitrogens is 6. The molecule has 0 aliphatic carbocycles. The van der Waals surface area contributed by atoms with E-state index in [9.17, 15) is 27.2 Å². The molecule has 1 atom stereocenters. The number of carbonyl (C=O) groups excluding carboxylic acids is 2. The van der Waals surface area contributed by atoms with Crippen LogP contribution in [-0.4, -0.2) is 41.9 Å². The van der Waals surface area contributed by atoms with Crippen LogP contribution in [0.4, 0.5) is 33.3 Å². The maximum absolute atomic E-state index is 13.5. The molecule has 4 rings (SSSR count). The van der Waals surface area contributed by atoms with Crippen LogP contribution in [-0.2, 0) is 18.0 Å². The molecule has 198 valence electrons. The monoisotopic (exact) mass is 570 g/mol. The largest absolute Gasteiger partial charge is 0.441 e. The van der Waals surface area contributed by atoms with Gasteiger partial charge < -0.3 is 4.74 Å². The molecule has 0 aromatic carbocycles. The Morgan fingerprint density at radius 3 is 2.55 bits per heavy atom. The van der Waals surface area contributed by atoms with Gasteiger partial charge in [0.15, 0.2) is 16.6 Å². The molecule has 0 aliphatic heterocycles. The van der Waals surface area contributed by atoms with E-state index in [1.807, 2.05) is 0 Å². The highest BCUT2D eigenvalue weighted by Gasteiger charge is 2.33. The number of aryl methyl sites for hydroxylation is 1. The number of ether oxygens (including phenoxy) is 1. The lowest BCUT2D eigenvalue weighted by Gasteiger charge is -2.15. The van der Waals surface area contributed by atoms with E-state index in [0.29, 0.717) is 6.20 Å². The Morgan fingerprint density at radius 1 is 1.13 bits per heavy atom. The average molecular weight is 571 g/mol. The number of halogens is 5. The minimum absolute atomic E-state index is 0.0291. The predicted octanol–water partition coefficient (Wildman–Crippen LogP) is 5.10. The number of nitrogens with one attached hydrogen (secondary N) is 2. The molecule has 4 heterocycles. The number of hydrogen-bond acceptors (Lipinski definition) is 9. The van der Waals surface area contributed by atoms with Gasteiger partial charge in [-0.15, -0.1) is 5.10 Å². The van der Waals surface area contributed by atoms with Crippen LogP contribution in [0.15, 0.2) is 36.8 Å². The number of anilines is 2. The Hall–Kier alpha value is -4.18. The van der Waals surface area contributed by atoms with Crippen molar-refractivity contribution in [1.29, 1.82) is 0 Å². The summed E-state index contributed by atoms with van der Waals surface area (Å²) in [6, 6.07) is 3.85. The van der Waals surface area contributed by atoms with Gasteiger partial charge in [0.2, 0.25) is 0 Å². The SMILES string of the molecule is C[C@@H](OC(=O)Nc1c(-c2ccc(C(=O)Nc3ncc(C(F)(F)F)s3)cn2)nnn1C)c1cc(F)cnc1Cl. The zero-order valence-electron chi connectivity index (χ0n) is 19.2. The predicted molar refractivity (Wildman–Crippen MR) is 127 cm³/mol. The highest BCUT2D eigenvalue weighted by Crippen LogP contribution is 2.35. The zero-order valence-corrected chi connectivity index (χ0v) is 20.8. The number of carbonyl (C=O) groups is 2. The Balaban J connectivity index is 1.45. The van der Waals surface area contributed by atoms with Gasteiger partial charge in [0.1, 0.15) is 22.0 Å². The van der Waals surface area contributed by atoms with Crippen LogP contribution in [0.1, 0.15) is 33.8 Å². The van der Waals surface area contributed by atoms with Crippen molar-refractivity contribution in [3.63, 3.8) is 0 Å². The third-order valence-electron chi connectivity index (χ3n) is 4.88. The Kier molecular flexibility index (Phi) is 7.54. The minimum atomic E-state index is -4.57. The molecule has 38 heavy (non-hydrogen) atoms. The molecule has 0 bridgehead atoms. The summed E-state index contributed by atoms with van der Waals surface area (Å²) in [6.45, 7) is 1.48. The lowest BCUT2D eigenvalue weighted by molar-refractivity contribution is -0.134. The summed E-state index contributed by atoms with van der Waals surface area (Å²) in [5, 5.41) is 12.3. The van der Waals surface area contributed by atoms with Crippen LogP contribution >= 0.6 is 22.9 Å². The van der Waals surface area contributed by atoms with Gasteiger partial charge in [-0.05, 0) is 25.1 Å². The van der Waals surface area contributed by atoms with Crippen molar-refractivity contribution < 1.29 is 31.9 Å². The van der Waals surface area contributed by atoms with Gasteiger partial charge in [0.05, 0.1) is 23.7 Å². The summed E-state index contributed by atoms with van der Waals surface area (Å²) >= 11 is 6.24. The molecule has 11 nitrogen and oxygen atoms in total. The van der Waals surface area contributed by atoms with Crippen LogP contribution in [0.3, 0.4) is 0 Å². The van der Waals surface area contributed by atoms with Crippen molar-refractivity contribution in [3.8, 4) is 11.4 Å². The van der Waals surface area contributed by atoms with Crippen molar-refractivity contribution >= 4 is 45.9 Å².